The van der Waals surface area contributed by atoms with E-state index in [9.17, 15) is 4.79 Å². The summed E-state index contributed by atoms with van der Waals surface area (Å²) in [5.41, 5.74) is 6.86. The monoisotopic (exact) mass is 296 g/mol. The summed E-state index contributed by atoms with van der Waals surface area (Å²) in [5.74, 6) is -0.311. The van der Waals surface area contributed by atoms with Crippen LogP contribution in [0.4, 0.5) is 5.69 Å². The number of hydrogen-bond donors (Lipinski definition) is 2. The van der Waals surface area contributed by atoms with Crippen molar-refractivity contribution < 1.29 is 4.79 Å². The van der Waals surface area contributed by atoms with E-state index in [1.807, 2.05) is 0 Å². The standard InChI is InChI=1S/C12H10Cl2N4O/c13-9-4-7(5-10(14)11(9)15)12(19)16-6-8-2-1-3-17-18-8/h1-5H,6,15H2,(H,16,19). The van der Waals surface area contributed by atoms with E-state index in [-0.39, 0.29) is 28.2 Å². The molecule has 0 atom stereocenters. The van der Waals surface area contributed by atoms with E-state index < -0.39 is 0 Å². The molecule has 0 spiro atoms. The number of nitrogens with two attached hydrogens (primary N) is 1. The fraction of sp³-hybridized carbons (Fsp3) is 0.0833. The van der Waals surface area contributed by atoms with Crippen LogP contribution >= 0.6 is 23.2 Å². The lowest BCUT2D eigenvalue weighted by Crippen LogP contribution is -2.23. The van der Waals surface area contributed by atoms with Crippen molar-refractivity contribution in [2.45, 2.75) is 6.54 Å². The average molecular weight is 297 g/mol. The fourth-order valence-electron chi connectivity index (χ4n) is 1.42. The first-order chi connectivity index (χ1) is 9.08. The molecule has 2 rings (SSSR count). The number of benzene rings is 1. The lowest BCUT2D eigenvalue weighted by Gasteiger charge is -2.07. The highest BCUT2D eigenvalue weighted by Gasteiger charge is 2.11. The predicted molar refractivity (Wildman–Crippen MR) is 74.1 cm³/mol. The Morgan fingerprint density at radius 1 is 1.32 bits per heavy atom. The van der Waals surface area contributed by atoms with Gasteiger partial charge in [-0.1, -0.05) is 23.2 Å². The lowest BCUT2D eigenvalue weighted by molar-refractivity contribution is 0.0950. The van der Waals surface area contributed by atoms with Crippen LogP contribution in [-0.4, -0.2) is 16.1 Å². The van der Waals surface area contributed by atoms with Crippen LogP contribution in [0.15, 0.2) is 30.5 Å². The Labute approximate surface area is 119 Å². The number of nitrogen functional groups attached to an aromatic ring is 1. The summed E-state index contributed by atoms with van der Waals surface area (Å²) in [4.78, 5) is 11.9. The van der Waals surface area contributed by atoms with Gasteiger partial charge in [0.2, 0.25) is 0 Å². The molecule has 0 aliphatic carbocycles. The van der Waals surface area contributed by atoms with Crippen LogP contribution < -0.4 is 11.1 Å². The Hall–Kier alpha value is -1.85. The number of carbonyl (C=O) groups is 1. The van der Waals surface area contributed by atoms with Crippen molar-refractivity contribution in [3.8, 4) is 0 Å². The quantitative estimate of drug-likeness (QED) is 0.852. The maximum absolute atomic E-state index is 11.9. The van der Waals surface area contributed by atoms with Gasteiger partial charge < -0.3 is 11.1 Å². The topological polar surface area (TPSA) is 80.9 Å². The average Bonchev–Trinajstić information content (AvgIpc) is 2.42. The molecule has 5 nitrogen and oxygen atoms in total. The van der Waals surface area contributed by atoms with Crippen LogP contribution in [0.2, 0.25) is 10.0 Å². The van der Waals surface area contributed by atoms with Gasteiger partial charge in [-0.3, -0.25) is 4.79 Å². The Bertz CT molecular complexity index is 581. The van der Waals surface area contributed by atoms with Gasteiger partial charge in [0.15, 0.2) is 0 Å². The van der Waals surface area contributed by atoms with Crippen molar-refractivity contribution in [3.63, 3.8) is 0 Å². The summed E-state index contributed by atoms with van der Waals surface area (Å²) < 4.78 is 0. The van der Waals surface area contributed by atoms with Crippen LogP contribution in [0.1, 0.15) is 16.1 Å². The molecule has 0 saturated carbocycles. The molecular formula is C12H10Cl2N4O. The van der Waals surface area contributed by atoms with E-state index in [2.05, 4.69) is 15.5 Å². The molecule has 0 saturated heterocycles. The van der Waals surface area contributed by atoms with Gasteiger partial charge in [0, 0.05) is 11.8 Å². The summed E-state index contributed by atoms with van der Waals surface area (Å²) >= 11 is 11.7. The third kappa shape index (κ3) is 3.33. The predicted octanol–water partition coefficient (Wildman–Crippen LogP) is 2.30. The molecule has 1 heterocycles. The van der Waals surface area contributed by atoms with Gasteiger partial charge in [0.05, 0.1) is 28.0 Å². The zero-order valence-corrected chi connectivity index (χ0v) is 11.2. The second-order valence-electron chi connectivity index (χ2n) is 3.75. The first-order valence-corrected chi connectivity index (χ1v) is 6.13. The molecule has 0 aliphatic rings. The second kappa shape index (κ2) is 5.86. The van der Waals surface area contributed by atoms with Gasteiger partial charge >= 0.3 is 0 Å². The normalized spacial score (nSPS) is 10.2. The molecule has 1 aromatic heterocycles. The molecule has 1 aromatic carbocycles. The van der Waals surface area contributed by atoms with Gasteiger partial charge in [-0.25, -0.2) is 0 Å². The van der Waals surface area contributed by atoms with Crippen molar-refractivity contribution in [1.82, 2.24) is 15.5 Å². The van der Waals surface area contributed by atoms with E-state index >= 15 is 0 Å². The highest BCUT2D eigenvalue weighted by atomic mass is 35.5. The summed E-state index contributed by atoms with van der Waals surface area (Å²) in [6, 6.07) is 6.44. The Balaban J connectivity index is 2.08. The molecular weight excluding hydrogens is 287 g/mol. The molecule has 0 fully saturated rings. The second-order valence-corrected chi connectivity index (χ2v) is 4.57. The number of amides is 1. The van der Waals surface area contributed by atoms with Gasteiger partial charge in [0.25, 0.3) is 5.91 Å². The van der Waals surface area contributed by atoms with Crippen molar-refractivity contribution in [2.75, 3.05) is 5.73 Å². The molecule has 7 heteroatoms. The van der Waals surface area contributed by atoms with Gasteiger partial charge in [-0.2, -0.15) is 10.2 Å². The molecule has 3 N–H and O–H groups in total. The van der Waals surface area contributed by atoms with Gasteiger partial charge in [-0.05, 0) is 24.3 Å². The number of nitrogens with zero attached hydrogens (tertiary/aromatic N) is 2. The zero-order valence-electron chi connectivity index (χ0n) is 9.73. The Morgan fingerprint density at radius 2 is 2.00 bits per heavy atom. The van der Waals surface area contributed by atoms with Crippen LogP contribution in [0.25, 0.3) is 0 Å². The van der Waals surface area contributed by atoms with Crippen LogP contribution in [0, 0.1) is 0 Å². The molecule has 0 radical (unpaired) electrons. The lowest BCUT2D eigenvalue weighted by atomic mass is 10.2. The number of hydrogen-bond acceptors (Lipinski definition) is 4. The molecule has 0 bridgehead atoms. The minimum atomic E-state index is -0.311. The van der Waals surface area contributed by atoms with Crippen LogP contribution in [-0.2, 0) is 6.54 Å². The van der Waals surface area contributed by atoms with E-state index in [0.29, 0.717) is 11.3 Å². The van der Waals surface area contributed by atoms with E-state index in [4.69, 9.17) is 28.9 Å². The molecule has 2 aromatic rings. The van der Waals surface area contributed by atoms with Crippen molar-refractivity contribution in [3.05, 3.63) is 51.8 Å². The summed E-state index contributed by atoms with van der Waals surface area (Å²) in [6.07, 6.45) is 1.56. The third-order valence-corrected chi connectivity index (χ3v) is 3.02. The number of halogens is 2. The molecule has 0 aliphatic heterocycles. The largest absolute Gasteiger partial charge is 0.396 e. The van der Waals surface area contributed by atoms with Crippen molar-refractivity contribution in [1.29, 1.82) is 0 Å². The Morgan fingerprint density at radius 3 is 2.58 bits per heavy atom. The molecule has 19 heavy (non-hydrogen) atoms. The van der Waals surface area contributed by atoms with Crippen molar-refractivity contribution >= 4 is 34.8 Å². The van der Waals surface area contributed by atoms with Gasteiger partial charge in [0.1, 0.15) is 0 Å². The molecule has 98 valence electrons. The minimum absolute atomic E-state index is 0.247. The number of anilines is 1. The Kier molecular flexibility index (Phi) is 4.19. The van der Waals surface area contributed by atoms with E-state index in [1.165, 1.54) is 12.1 Å². The zero-order chi connectivity index (χ0) is 13.8. The van der Waals surface area contributed by atoms with Crippen LogP contribution in [0.5, 0.6) is 0 Å². The summed E-state index contributed by atoms with van der Waals surface area (Å²) in [7, 11) is 0. The number of aromatic nitrogens is 2. The van der Waals surface area contributed by atoms with Crippen LogP contribution in [0.3, 0.4) is 0 Å². The van der Waals surface area contributed by atoms with E-state index in [0.717, 1.165) is 0 Å². The minimum Gasteiger partial charge on any atom is -0.396 e. The smallest absolute Gasteiger partial charge is 0.251 e. The highest BCUT2D eigenvalue weighted by molar-refractivity contribution is 6.39. The SMILES string of the molecule is Nc1c(Cl)cc(C(=O)NCc2cccnn2)cc1Cl. The molecule has 1 amide bonds. The van der Waals surface area contributed by atoms with E-state index in [1.54, 1.807) is 18.3 Å². The first kappa shape index (κ1) is 13.6. The fourth-order valence-corrected chi connectivity index (χ4v) is 1.90. The maximum Gasteiger partial charge on any atom is 0.251 e. The van der Waals surface area contributed by atoms with Gasteiger partial charge in [-0.15, -0.1) is 0 Å². The summed E-state index contributed by atoms with van der Waals surface area (Å²) in [5, 5.41) is 10.8. The third-order valence-electron chi connectivity index (χ3n) is 2.40. The maximum atomic E-state index is 11.9. The number of carbonyl (C=O) groups excluding carboxylic acids is 1. The number of rotatable bonds is 3. The molecule has 0 unspecified atom stereocenters. The highest BCUT2D eigenvalue weighted by Crippen LogP contribution is 2.28. The van der Waals surface area contributed by atoms with Crippen molar-refractivity contribution in [2.24, 2.45) is 0 Å². The summed E-state index contributed by atoms with van der Waals surface area (Å²) in [6.45, 7) is 0.270. The first-order valence-electron chi connectivity index (χ1n) is 5.37. The number of nitrogens with one attached hydrogen (secondary N) is 1.